The van der Waals surface area contributed by atoms with E-state index in [1.54, 1.807) is 0 Å². The number of carbonyl (C=O) groups is 1. The van der Waals surface area contributed by atoms with E-state index >= 15 is 0 Å². The van der Waals surface area contributed by atoms with Gasteiger partial charge in [-0.05, 0) is 57.1 Å². The molecule has 1 aliphatic carbocycles. The highest BCUT2D eigenvalue weighted by Crippen LogP contribution is 2.30. The smallest absolute Gasteiger partial charge is 0.225 e. The maximum atomic E-state index is 12.8. The van der Waals surface area contributed by atoms with Crippen molar-refractivity contribution in [2.24, 2.45) is 5.92 Å². The molecule has 4 fully saturated rings. The Morgan fingerprint density at radius 3 is 2.76 bits per heavy atom. The average Bonchev–Trinajstić information content (AvgIpc) is 2.84. The number of thioether (sulfide) groups is 1. The Labute approximate surface area is 203 Å². The molecule has 3 heterocycles. The van der Waals surface area contributed by atoms with E-state index in [1.165, 1.54) is 24.9 Å². The summed E-state index contributed by atoms with van der Waals surface area (Å²) in [5.41, 5.74) is 1.40. The highest BCUT2D eigenvalue weighted by atomic mass is 32.2. The minimum atomic E-state index is 0.0985. The number of hydrogen-bond acceptors (Lipinski definition) is 6. The van der Waals surface area contributed by atoms with Crippen LogP contribution in [0, 0.1) is 5.92 Å². The standard InChI is InChI=1S/C26H40N4O2S/c31-26-23-9-8-20(15-24(23)28-25(29-26)18-33-22-10-13-32-14-11-22)27-21-7-4-12-30(17-21)16-19-5-2-1-3-6-19/h1-3,5-6,20-25,27-28H,4,7-18H2,(H,29,31). The van der Waals surface area contributed by atoms with Crippen LogP contribution in [-0.2, 0) is 16.1 Å². The number of fused-ring (bicyclic) bond motifs is 1. The molecule has 5 atom stereocenters. The van der Waals surface area contributed by atoms with Crippen molar-refractivity contribution in [2.75, 3.05) is 32.1 Å². The Balaban J connectivity index is 1.09. The predicted octanol–water partition coefficient (Wildman–Crippen LogP) is 2.74. The monoisotopic (exact) mass is 472 g/mol. The third kappa shape index (κ3) is 6.51. The van der Waals surface area contributed by atoms with E-state index < -0.39 is 0 Å². The Bertz CT molecular complexity index is 760. The average molecular weight is 473 g/mol. The zero-order valence-electron chi connectivity index (χ0n) is 19.7. The minimum absolute atomic E-state index is 0.0985. The van der Waals surface area contributed by atoms with Gasteiger partial charge in [-0.3, -0.25) is 15.0 Å². The number of piperidine rings is 1. The molecule has 182 valence electrons. The molecule has 6 nitrogen and oxygen atoms in total. The van der Waals surface area contributed by atoms with Crippen LogP contribution in [0.1, 0.15) is 50.5 Å². The van der Waals surface area contributed by atoms with Crippen molar-refractivity contribution in [2.45, 2.75) is 81.0 Å². The first kappa shape index (κ1) is 23.6. The van der Waals surface area contributed by atoms with E-state index in [4.69, 9.17) is 4.74 Å². The Morgan fingerprint density at radius 1 is 1.06 bits per heavy atom. The fraction of sp³-hybridized carbons (Fsp3) is 0.731. The molecular formula is C26H40N4O2S. The fourth-order valence-electron chi connectivity index (χ4n) is 6.07. The lowest BCUT2D eigenvalue weighted by Gasteiger charge is -2.44. The number of benzene rings is 1. The molecule has 3 N–H and O–H groups in total. The zero-order chi connectivity index (χ0) is 22.5. The number of carbonyl (C=O) groups excluding carboxylic acids is 1. The molecule has 7 heteroatoms. The van der Waals surface area contributed by atoms with Crippen LogP contribution < -0.4 is 16.0 Å². The maximum absolute atomic E-state index is 12.8. The van der Waals surface area contributed by atoms with E-state index in [1.807, 2.05) is 11.8 Å². The largest absolute Gasteiger partial charge is 0.381 e. The lowest BCUT2D eigenvalue weighted by molar-refractivity contribution is -0.130. The van der Waals surface area contributed by atoms with Crippen molar-refractivity contribution < 1.29 is 9.53 Å². The van der Waals surface area contributed by atoms with Crippen LogP contribution >= 0.6 is 11.8 Å². The molecular weight excluding hydrogens is 432 g/mol. The summed E-state index contributed by atoms with van der Waals surface area (Å²) in [5, 5.41) is 11.7. The van der Waals surface area contributed by atoms with Crippen molar-refractivity contribution in [3.8, 4) is 0 Å². The normalized spacial score (nSPS) is 33.9. The second-order valence-electron chi connectivity index (χ2n) is 10.3. The van der Waals surface area contributed by atoms with Crippen molar-refractivity contribution in [3.05, 3.63) is 35.9 Å². The van der Waals surface area contributed by atoms with Crippen LogP contribution in [0.15, 0.2) is 30.3 Å². The SMILES string of the molecule is O=C1NC(CSC2CCOCC2)NC2CC(NC3CCCN(Cc4ccccc4)C3)CCC12. The fourth-order valence-corrected chi connectivity index (χ4v) is 7.24. The number of likely N-dealkylation sites (tertiary alicyclic amines) is 1. The zero-order valence-corrected chi connectivity index (χ0v) is 20.5. The number of hydrogen-bond donors (Lipinski definition) is 3. The number of ether oxygens (including phenoxy) is 1. The molecule has 3 aliphatic heterocycles. The van der Waals surface area contributed by atoms with Gasteiger partial charge in [-0.15, -0.1) is 0 Å². The van der Waals surface area contributed by atoms with Crippen molar-refractivity contribution >= 4 is 17.7 Å². The quantitative estimate of drug-likeness (QED) is 0.567. The molecule has 1 aromatic rings. The van der Waals surface area contributed by atoms with E-state index in [2.05, 4.69) is 51.2 Å². The molecule has 33 heavy (non-hydrogen) atoms. The molecule has 4 aliphatic rings. The van der Waals surface area contributed by atoms with Gasteiger partial charge in [0.15, 0.2) is 0 Å². The second kappa shape index (κ2) is 11.5. The number of rotatable bonds is 7. The number of nitrogens with zero attached hydrogens (tertiary/aromatic N) is 1. The first-order valence-electron chi connectivity index (χ1n) is 13.0. The molecule has 0 bridgehead atoms. The molecule has 3 saturated heterocycles. The molecule has 5 unspecified atom stereocenters. The summed E-state index contributed by atoms with van der Waals surface area (Å²) in [6.07, 6.45) is 8.03. The van der Waals surface area contributed by atoms with Gasteiger partial charge < -0.3 is 15.4 Å². The summed E-state index contributed by atoms with van der Waals surface area (Å²) in [5.74, 6) is 1.35. The Kier molecular flexibility index (Phi) is 8.26. The molecule has 0 radical (unpaired) electrons. The number of nitrogens with one attached hydrogen (secondary N) is 3. The van der Waals surface area contributed by atoms with Crippen LogP contribution in [0.2, 0.25) is 0 Å². The first-order valence-corrected chi connectivity index (χ1v) is 14.1. The predicted molar refractivity (Wildman–Crippen MR) is 134 cm³/mol. The minimum Gasteiger partial charge on any atom is -0.381 e. The van der Waals surface area contributed by atoms with Gasteiger partial charge in [-0.2, -0.15) is 11.8 Å². The van der Waals surface area contributed by atoms with Crippen LogP contribution in [0.5, 0.6) is 0 Å². The van der Waals surface area contributed by atoms with Gasteiger partial charge in [0.25, 0.3) is 0 Å². The van der Waals surface area contributed by atoms with Gasteiger partial charge in [-0.1, -0.05) is 30.3 Å². The summed E-state index contributed by atoms with van der Waals surface area (Å²) in [4.78, 5) is 15.4. The summed E-state index contributed by atoms with van der Waals surface area (Å²) < 4.78 is 5.48. The second-order valence-corrected chi connectivity index (χ2v) is 11.7. The molecule has 0 spiro atoms. The van der Waals surface area contributed by atoms with Gasteiger partial charge >= 0.3 is 0 Å². The Morgan fingerprint density at radius 2 is 1.91 bits per heavy atom. The van der Waals surface area contributed by atoms with Crippen molar-refractivity contribution in [1.82, 2.24) is 20.9 Å². The first-order chi connectivity index (χ1) is 16.2. The lowest BCUT2D eigenvalue weighted by atomic mass is 9.79. The third-order valence-corrected chi connectivity index (χ3v) is 9.28. The van der Waals surface area contributed by atoms with Gasteiger partial charge in [0.1, 0.15) is 0 Å². The Hall–Kier alpha value is -1.12. The summed E-state index contributed by atoms with van der Waals surface area (Å²) in [6.45, 7) is 5.12. The van der Waals surface area contributed by atoms with Gasteiger partial charge in [0, 0.05) is 55.4 Å². The van der Waals surface area contributed by atoms with Crippen molar-refractivity contribution in [1.29, 1.82) is 0 Å². The molecule has 1 aromatic carbocycles. The maximum Gasteiger partial charge on any atom is 0.225 e. The molecule has 1 saturated carbocycles. The van der Waals surface area contributed by atoms with Gasteiger partial charge in [0.05, 0.1) is 12.1 Å². The van der Waals surface area contributed by atoms with Crippen LogP contribution in [0.4, 0.5) is 0 Å². The highest BCUT2D eigenvalue weighted by Gasteiger charge is 2.40. The van der Waals surface area contributed by atoms with Crippen molar-refractivity contribution in [3.63, 3.8) is 0 Å². The van der Waals surface area contributed by atoms with E-state index in [9.17, 15) is 4.79 Å². The van der Waals surface area contributed by atoms with Gasteiger partial charge in [-0.25, -0.2) is 0 Å². The van der Waals surface area contributed by atoms with Crippen LogP contribution in [-0.4, -0.2) is 72.4 Å². The number of amides is 1. The van der Waals surface area contributed by atoms with E-state index in [-0.39, 0.29) is 18.0 Å². The summed E-state index contributed by atoms with van der Waals surface area (Å²) in [7, 11) is 0. The van der Waals surface area contributed by atoms with E-state index in [0.29, 0.717) is 23.4 Å². The topological polar surface area (TPSA) is 65.6 Å². The molecule has 5 rings (SSSR count). The molecule has 1 amide bonds. The summed E-state index contributed by atoms with van der Waals surface area (Å²) in [6, 6.07) is 12.2. The van der Waals surface area contributed by atoms with Gasteiger partial charge in [0.2, 0.25) is 5.91 Å². The third-order valence-electron chi connectivity index (χ3n) is 7.81. The lowest BCUT2D eigenvalue weighted by Crippen LogP contribution is -2.65. The van der Waals surface area contributed by atoms with Crippen LogP contribution in [0.3, 0.4) is 0 Å². The molecule has 0 aromatic heterocycles. The summed E-state index contributed by atoms with van der Waals surface area (Å²) >= 11 is 2.00. The highest BCUT2D eigenvalue weighted by molar-refractivity contribution is 7.99. The van der Waals surface area contributed by atoms with Crippen LogP contribution in [0.25, 0.3) is 0 Å². The van der Waals surface area contributed by atoms with E-state index in [0.717, 1.165) is 64.2 Å².